The van der Waals surface area contributed by atoms with Gasteiger partial charge < -0.3 is 19.5 Å². The molecule has 0 atom stereocenters. The van der Waals surface area contributed by atoms with Crippen LogP contribution in [0.5, 0.6) is 0 Å². The minimum Gasteiger partial charge on any atom is -0.465 e. The summed E-state index contributed by atoms with van der Waals surface area (Å²) in [5, 5.41) is 3.22. The van der Waals surface area contributed by atoms with Gasteiger partial charge >= 0.3 is 5.97 Å². The van der Waals surface area contributed by atoms with Crippen LogP contribution < -0.4 is 5.32 Å². The molecule has 5 nitrogen and oxygen atoms in total. The molecule has 1 rings (SSSR count). The minimum atomic E-state index is -0.345. The maximum atomic E-state index is 11.6. The lowest BCUT2D eigenvalue weighted by atomic mass is 10.1. The predicted octanol–water partition coefficient (Wildman–Crippen LogP) is 2.59. The van der Waals surface area contributed by atoms with Gasteiger partial charge in [-0.15, -0.1) is 0 Å². The Bertz CT molecular complexity index is 428. The van der Waals surface area contributed by atoms with Gasteiger partial charge in [0.25, 0.3) is 0 Å². The zero-order chi connectivity index (χ0) is 15.0. The zero-order valence-electron chi connectivity index (χ0n) is 12.6. The summed E-state index contributed by atoms with van der Waals surface area (Å²) >= 11 is 0. The standard InChI is InChI=1S/C15H23NO4/c1-5-19-14(20-6-2)10-16-13-8-11(3)7-12(9-13)15(17)18-4/h7-9,14,16H,5-6,10H2,1-4H3. The van der Waals surface area contributed by atoms with Crippen molar-refractivity contribution in [2.45, 2.75) is 27.1 Å². The Hall–Kier alpha value is -1.59. The van der Waals surface area contributed by atoms with Gasteiger partial charge in [0.2, 0.25) is 0 Å². The Kier molecular flexibility index (Phi) is 7.04. The lowest BCUT2D eigenvalue weighted by molar-refractivity contribution is -0.126. The fraction of sp³-hybridized carbons (Fsp3) is 0.533. The molecule has 20 heavy (non-hydrogen) atoms. The first-order valence-electron chi connectivity index (χ1n) is 6.77. The number of aryl methyl sites for hydroxylation is 1. The molecule has 0 saturated carbocycles. The highest BCUT2D eigenvalue weighted by molar-refractivity contribution is 5.90. The molecule has 112 valence electrons. The smallest absolute Gasteiger partial charge is 0.337 e. The summed E-state index contributed by atoms with van der Waals surface area (Å²) < 4.78 is 15.6. The van der Waals surface area contributed by atoms with Gasteiger partial charge in [-0.25, -0.2) is 4.79 Å². The number of hydrogen-bond donors (Lipinski definition) is 1. The number of anilines is 1. The summed E-state index contributed by atoms with van der Waals surface area (Å²) in [4.78, 5) is 11.6. The first-order valence-corrected chi connectivity index (χ1v) is 6.77. The zero-order valence-corrected chi connectivity index (χ0v) is 12.6. The largest absolute Gasteiger partial charge is 0.465 e. The molecule has 0 saturated heterocycles. The molecular formula is C15H23NO4. The molecule has 0 aliphatic carbocycles. The maximum absolute atomic E-state index is 11.6. The highest BCUT2D eigenvalue weighted by Crippen LogP contribution is 2.15. The van der Waals surface area contributed by atoms with Crippen molar-refractivity contribution in [2.75, 3.05) is 32.2 Å². The first kappa shape index (κ1) is 16.5. The summed E-state index contributed by atoms with van der Waals surface area (Å²) in [6, 6.07) is 5.51. The molecule has 0 bridgehead atoms. The Balaban J connectivity index is 2.71. The summed E-state index contributed by atoms with van der Waals surface area (Å²) in [5.41, 5.74) is 2.36. The third kappa shape index (κ3) is 5.19. The first-order chi connectivity index (χ1) is 9.60. The van der Waals surface area contributed by atoms with E-state index >= 15 is 0 Å². The molecule has 0 fully saturated rings. The second kappa shape index (κ2) is 8.55. The van der Waals surface area contributed by atoms with Crippen molar-refractivity contribution in [2.24, 2.45) is 0 Å². The Morgan fingerprint density at radius 2 is 1.85 bits per heavy atom. The quantitative estimate of drug-likeness (QED) is 0.586. The van der Waals surface area contributed by atoms with Gasteiger partial charge in [-0.1, -0.05) is 0 Å². The number of ether oxygens (including phenoxy) is 3. The van der Waals surface area contributed by atoms with Gasteiger partial charge in [-0.2, -0.15) is 0 Å². The highest BCUT2D eigenvalue weighted by Gasteiger charge is 2.10. The third-order valence-corrected chi connectivity index (χ3v) is 2.68. The van der Waals surface area contributed by atoms with Crippen LogP contribution in [0.4, 0.5) is 5.69 Å². The molecule has 0 aliphatic heterocycles. The monoisotopic (exact) mass is 281 g/mol. The van der Waals surface area contributed by atoms with Gasteiger partial charge in [0.15, 0.2) is 6.29 Å². The third-order valence-electron chi connectivity index (χ3n) is 2.68. The average Bonchev–Trinajstić information content (AvgIpc) is 2.44. The van der Waals surface area contributed by atoms with E-state index in [1.807, 2.05) is 26.8 Å². The summed E-state index contributed by atoms with van der Waals surface area (Å²) in [7, 11) is 1.37. The number of rotatable bonds is 8. The topological polar surface area (TPSA) is 56.8 Å². The van der Waals surface area contributed by atoms with Crippen molar-refractivity contribution < 1.29 is 19.0 Å². The van der Waals surface area contributed by atoms with Gasteiger partial charge in [0, 0.05) is 18.9 Å². The number of esters is 1. The van der Waals surface area contributed by atoms with Crippen LogP contribution in [0.3, 0.4) is 0 Å². The van der Waals surface area contributed by atoms with Crippen molar-refractivity contribution in [1.82, 2.24) is 0 Å². The Morgan fingerprint density at radius 3 is 2.40 bits per heavy atom. The van der Waals surface area contributed by atoms with Crippen LogP contribution in [-0.4, -0.2) is 39.1 Å². The fourth-order valence-corrected chi connectivity index (χ4v) is 1.86. The lowest BCUT2D eigenvalue weighted by Gasteiger charge is -2.18. The van der Waals surface area contributed by atoms with Crippen LogP contribution in [0.15, 0.2) is 18.2 Å². The lowest BCUT2D eigenvalue weighted by Crippen LogP contribution is -2.26. The molecule has 0 amide bonds. The van der Waals surface area contributed by atoms with E-state index in [9.17, 15) is 4.79 Å². The normalized spacial score (nSPS) is 10.7. The van der Waals surface area contributed by atoms with Crippen molar-refractivity contribution in [1.29, 1.82) is 0 Å². The average molecular weight is 281 g/mol. The van der Waals surface area contributed by atoms with Crippen LogP contribution in [-0.2, 0) is 14.2 Å². The Morgan fingerprint density at radius 1 is 1.20 bits per heavy atom. The molecule has 5 heteroatoms. The minimum absolute atomic E-state index is 0.299. The molecule has 1 aromatic rings. The van der Waals surface area contributed by atoms with E-state index < -0.39 is 0 Å². The van der Waals surface area contributed by atoms with E-state index in [2.05, 4.69) is 5.32 Å². The summed E-state index contributed by atoms with van der Waals surface area (Å²) in [6.45, 7) is 7.48. The highest BCUT2D eigenvalue weighted by atomic mass is 16.7. The second-order valence-corrected chi connectivity index (χ2v) is 4.30. The maximum Gasteiger partial charge on any atom is 0.337 e. The summed E-state index contributed by atoms with van der Waals surface area (Å²) in [6.07, 6.45) is -0.299. The molecular weight excluding hydrogens is 258 g/mol. The number of methoxy groups -OCH3 is 1. The molecule has 1 aromatic carbocycles. The number of benzene rings is 1. The molecule has 0 unspecified atom stereocenters. The molecule has 0 radical (unpaired) electrons. The molecule has 0 heterocycles. The van der Waals surface area contributed by atoms with Gasteiger partial charge in [0.1, 0.15) is 0 Å². The van der Waals surface area contributed by atoms with Crippen molar-refractivity contribution in [3.8, 4) is 0 Å². The van der Waals surface area contributed by atoms with Gasteiger partial charge in [0.05, 0.1) is 19.2 Å². The Labute approximate surface area is 120 Å². The van der Waals surface area contributed by atoms with E-state index in [-0.39, 0.29) is 12.3 Å². The predicted molar refractivity (Wildman–Crippen MR) is 78.0 cm³/mol. The van der Waals surface area contributed by atoms with Crippen LogP contribution in [0.1, 0.15) is 29.8 Å². The van der Waals surface area contributed by atoms with E-state index in [0.29, 0.717) is 25.3 Å². The van der Waals surface area contributed by atoms with E-state index in [0.717, 1.165) is 11.3 Å². The number of carbonyl (C=O) groups is 1. The van der Waals surface area contributed by atoms with Gasteiger partial charge in [-0.3, -0.25) is 0 Å². The number of carbonyl (C=O) groups excluding carboxylic acids is 1. The fourth-order valence-electron chi connectivity index (χ4n) is 1.86. The molecule has 0 spiro atoms. The van der Waals surface area contributed by atoms with E-state index in [4.69, 9.17) is 14.2 Å². The SMILES string of the molecule is CCOC(CNc1cc(C)cc(C(=O)OC)c1)OCC. The van der Waals surface area contributed by atoms with Crippen LogP contribution >= 0.6 is 0 Å². The van der Waals surface area contributed by atoms with Crippen LogP contribution in [0.25, 0.3) is 0 Å². The summed E-state index contributed by atoms with van der Waals surface area (Å²) in [5.74, 6) is -0.345. The van der Waals surface area contributed by atoms with Crippen molar-refractivity contribution in [3.63, 3.8) is 0 Å². The second-order valence-electron chi connectivity index (χ2n) is 4.30. The van der Waals surface area contributed by atoms with Gasteiger partial charge in [-0.05, 0) is 44.5 Å². The van der Waals surface area contributed by atoms with Crippen LogP contribution in [0.2, 0.25) is 0 Å². The van der Waals surface area contributed by atoms with Crippen molar-refractivity contribution in [3.05, 3.63) is 29.3 Å². The number of hydrogen-bond acceptors (Lipinski definition) is 5. The molecule has 1 N–H and O–H groups in total. The molecule has 0 aromatic heterocycles. The van der Waals surface area contributed by atoms with E-state index in [1.54, 1.807) is 12.1 Å². The van der Waals surface area contributed by atoms with E-state index in [1.165, 1.54) is 7.11 Å². The molecule has 0 aliphatic rings. The number of nitrogens with one attached hydrogen (secondary N) is 1. The van der Waals surface area contributed by atoms with Crippen molar-refractivity contribution >= 4 is 11.7 Å². The van der Waals surface area contributed by atoms with Crippen LogP contribution in [0, 0.1) is 6.92 Å².